The first-order chi connectivity index (χ1) is 12.6. The summed E-state index contributed by atoms with van der Waals surface area (Å²) in [5, 5.41) is 8.39. The quantitative estimate of drug-likeness (QED) is 0.311. The van der Waals surface area contributed by atoms with E-state index in [1.165, 1.54) is 0 Å². The molecule has 1 fully saturated rings. The van der Waals surface area contributed by atoms with Crippen molar-refractivity contribution >= 4 is 18.0 Å². The largest absolute Gasteiger partial charge is 0.445 e. The molecule has 142 valence electrons. The average Bonchev–Trinajstić information content (AvgIpc) is 3.18. The third-order valence-electron chi connectivity index (χ3n) is 3.98. The molecule has 1 atom stereocenters. The minimum absolute atomic E-state index is 0.133. The molecule has 2 amide bonds. The SMILES string of the molecule is NC(=NCCCCNC(=O)OCc1ccccc1)NC(=O)[C@@H]1CCCN1. The van der Waals surface area contributed by atoms with Gasteiger partial charge in [0, 0.05) is 13.1 Å². The second kappa shape index (κ2) is 11.1. The van der Waals surface area contributed by atoms with Gasteiger partial charge in [0.25, 0.3) is 0 Å². The molecular formula is C18H27N5O3. The summed E-state index contributed by atoms with van der Waals surface area (Å²) in [4.78, 5) is 27.5. The van der Waals surface area contributed by atoms with Crippen LogP contribution in [0.25, 0.3) is 0 Å². The predicted molar refractivity (Wildman–Crippen MR) is 99.5 cm³/mol. The Balaban J connectivity index is 1.50. The Morgan fingerprint density at radius 3 is 2.81 bits per heavy atom. The van der Waals surface area contributed by atoms with E-state index in [1.54, 1.807) is 0 Å². The van der Waals surface area contributed by atoms with Gasteiger partial charge in [0.2, 0.25) is 5.91 Å². The standard InChI is InChI=1S/C18H27N5O3/c19-17(23-16(24)15-9-6-12-20-15)21-10-4-5-11-22-18(25)26-13-14-7-2-1-3-8-14/h1-3,7-8,15,20H,4-6,9-13H2,(H,22,25)(H3,19,21,23,24)/t15-/m0/s1. The van der Waals surface area contributed by atoms with Gasteiger partial charge in [0.05, 0.1) is 6.04 Å². The summed E-state index contributed by atoms with van der Waals surface area (Å²) in [5.74, 6) is 0.00510. The molecule has 0 aromatic heterocycles. The Morgan fingerprint density at radius 1 is 1.27 bits per heavy atom. The highest BCUT2D eigenvalue weighted by Crippen LogP contribution is 2.04. The fraction of sp³-hybridized carbons (Fsp3) is 0.500. The molecule has 1 aromatic rings. The third-order valence-corrected chi connectivity index (χ3v) is 3.98. The smallest absolute Gasteiger partial charge is 0.407 e. The Hall–Kier alpha value is -2.61. The molecule has 8 nitrogen and oxygen atoms in total. The lowest BCUT2D eigenvalue weighted by molar-refractivity contribution is -0.121. The summed E-state index contributed by atoms with van der Waals surface area (Å²) in [7, 11) is 0. The number of hydrogen-bond donors (Lipinski definition) is 4. The average molecular weight is 361 g/mol. The first-order valence-electron chi connectivity index (χ1n) is 8.94. The minimum atomic E-state index is -0.437. The predicted octanol–water partition coefficient (Wildman–Crippen LogP) is 0.876. The number of hydrogen-bond acceptors (Lipinski definition) is 5. The van der Waals surface area contributed by atoms with Crippen molar-refractivity contribution in [2.24, 2.45) is 10.7 Å². The number of ether oxygens (including phenoxy) is 1. The maximum absolute atomic E-state index is 11.8. The van der Waals surface area contributed by atoms with Crippen molar-refractivity contribution in [3.8, 4) is 0 Å². The van der Waals surface area contributed by atoms with Crippen LogP contribution in [0.4, 0.5) is 4.79 Å². The monoisotopic (exact) mass is 361 g/mol. The van der Waals surface area contributed by atoms with E-state index in [0.29, 0.717) is 13.1 Å². The van der Waals surface area contributed by atoms with Crippen molar-refractivity contribution in [2.45, 2.75) is 38.3 Å². The van der Waals surface area contributed by atoms with Gasteiger partial charge in [-0.3, -0.25) is 15.1 Å². The van der Waals surface area contributed by atoms with Crippen molar-refractivity contribution in [1.82, 2.24) is 16.0 Å². The fourth-order valence-electron chi connectivity index (χ4n) is 2.56. The van der Waals surface area contributed by atoms with E-state index in [4.69, 9.17) is 10.5 Å². The molecular weight excluding hydrogens is 334 g/mol. The zero-order chi connectivity index (χ0) is 18.6. The van der Waals surface area contributed by atoms with Crippen molar-refractivity contribution < 1.29 is 14.3 Å². The highest BCUT2D eigenvalue weighted by atomic mass is 16.5. The lowest BCUT2D eigenvalue weighted by atomic mass is 10.2. The number of benzene rings is 1. The molecule has 0 aliphatic carbocycles. The molecule has 1 heterocycles. The second-order valence-corrected chi connectivity index (χ2v) is 6.10. The van der Waals surface area contributed by atoms with E-state index in [0.717, 1.165) is 37.8 Å². The summed E-state index contributed by atoms with van der Waals surface area (Å²) < 4.78 is 5.11. The normalized spacial score (nSPS) is 16.9. The van der Waals surface area contributed by atoms with Crippen LogP contribution in [0.1, 0.15) is 31.2 Å². The molecule has 0 spiro atoms. The van der Waals surface area contributed by atoms with E-state index >= 15 is 0 Å². The maximum Gasteiger partial charge on any atom is 0.407 e. The number of nitrogens with one attached hydrogen (secondary N) is 3. The number of amides is 2. The lowest BCUT2D eigenvalue weighted by Crippen LogP contribution is -2.46. The first kappa shape index (κ1) is 19.7. The van der Waals surface area contributed by atoms with Crippen LogP contribution in [0.15, 0.2) is 35.3 Å². The molecule has 0 radical (unpaired) electrons. The van der Waals surface area contributed by atoms with Gasteiger partial charge in [0.15, 0.2) is 5.96 Å². The topological polar surface area (TPSA) is 118 Å². The lowest BCUT2D eigenvalue weighted by Gasteiger charge is -2.10. The summed E-state index contributed by atoms with van der Waals surface area (Å²) in [6.07, 6.45) is 2.88. The van der Waals surface area contributed by atoms with E-state index < -0.39 is 6.09 Å². The van der Waals surface area contributed by atoms with Crippen LogP contribution in [0.2, 0.25) is 0 Å². The van der Waals surface area contributed by atoms with Crippen molar-refractivity contribution in [1.29, 1.82) is 0 Å². The second-order valence-electron chi connectivity index (χ2n) is 6.10. The van der Waals surface area contributed by atoms with E-state index in [2.05, 4.69) is 20.9 Å². The van der Waals surface area contributed by atoms with Crippen LogP contribution in [0.5, 0.6) is 0 Å². The van der Waals surface area contributed by atoms with Crippen LogP contribution >= 0.6 is 0 Å². The van der Waals surface area contributed by atoms with Crippen LogP contribution in [-0.2, 0) is 16.1 Å². The number of nitrogens with zero attached hydrogens (tertiary/aromatic N) is 1. The molecule has 1 aliphatic heterocycles. The number of nitrogens with two attached hydrogens (primary N) is 1. The summed E-state index contributed by atoms with van der Waals surface area (Å²) in [5.41, 5.74) is 6.65. The minimum Gasteiger partial charge on any atom is -0.445 e. The van der Waals surface area contributed by atoms with E-state index in [9.17, 15) is 9.59 Å². The molecule has 8 heteroatoms. The number of unbranched alkanes of at least 4 members (excludes halogenated alkanes) is 1. The third kappa shape index (κ3) is 7.52. The zero-order valence-electron chi connectivity index (χ0n) is 14.9. The number of rotatable bonds is 8. The molecule has 2 rings (SSSR count). The molecule has 1 aromatic carbocycles. The molecule has 0 unspecified atom stereocenters. The van der Waals surface area contributed by atoms with Gasteiger partial charge in [0.1, 0.15) is 6.61 Å². The number of carbonyl (C=O) groups excluding carboxylic acids is 2. The summed E-state index contributed by atoms with van der Waals surface area (Å²) >= 11 is 0. The Kier molecular flexibility index (Phi) is 8.41. The van der Waals surface area contributed by atoms with Gasteiger partial charge in [-0.15, -0.1) is 0 Å². The van der Waals surface area contributed by atoms with Gasteiger partial charge in [-0.1, -0.05) is 30.3 Å². The number of guanidine groups is 1. The summed E-state index contributed by atoms with van der Waals surface area (Å²) in [6, 6.07) is 9.34. The van der Waals surface area contributed by atoms with Gasteiger partial charge in [-0.2, -0.15) is 0 Å². The Morgan fingerprint density at radius 2 is 2.08 bits per heavy atom. The van der Waals surface area contributed by atoms with Gasteiger partial charge >= 0.3 is 6.09 Å². The van der Waals surface area contributed by atoms with Crippen molar-refractivity contribution in [3.05, 3.63) is 35.9 Å². The van der Waals surface area contributed by atoms with Crippen LogP contribution in [0.3, 0.4) is 0 Å². The van der Waals surface area contributed by atoms with Crippen molar-refractivity contribution in [3.63, 3.8) is 0 Å². The fourth-order valence-corrected chi connectivity index (χ4v) is 2.56. The highest BCUT2D eigenvalue weighted by Gasteiger charge is 2.22. The zero-order valence-corrected chi connectivity index (χ0v) is 14.9. The molecule has 1 saturated heterocycles. The maximum atomic E-state index is 11.8. The Bertz CT molecular complexity index is 600. The molecule has 0 bridgehead atoms. The van der Waals surface area contributed by atoms with Crippen LogP contribution in [-0.4, -0.2) is 43.6 Å². The number of carbonyl (C=O) groups is 2. The van der Waals surface area contributed by atoms with Crippen LogP contribution in [0, 0.1) is 0 Å². The van der Waals surface area contributed by atoms with Gasteiger partial charge in [-0.25, -0.2) is 4.79 Å². The molecule has 26 heavy (non-hydrogen) atoms. The van der Waals surface area contributed by atoms with Crippen LogP contribution < -0.4 is 21.7 Å². The molecule has 5 N–H and O–H groups in total. The first-order valence-corrected chi connectivity index (χ1v) is 8.94. The molecule has 1 aliphatic rings. The summed E-state index contributed by atoms with van der Waals surface area (Å²) in [6.45, 7) is 2.10. The molecule has 0 saturated carbocycles. The van der Waals surface area contributed by atoms with Gasteiger partial charge in [-0.05, 0) is 37.8 Å². The Labute approximate surface area is 153 Å². The van der Waals surface area contributed by atoms with E-state index in [1.807, 2.05) is 30.3 Å². The number of alkyl carbamates (subject to hydrolysis) is 1. The number of aliphatic imine (C=N–C) groups is 1. The highest BCUT2D eigenvalue weighted by molar-refractivity contribution is 5.98. The van der Waals surface area contributed by atoms with Crippen molar-refractivity contribution in [2.75, 3.05) is 19.6 Å². The van der Waals surface area contributed by atoms with E-state index in [-0.39, 0.29) is 24.5 Å². The van der Waals surface area contributed by atoms with Gasteiger partial charge < -0.3 is 21.1 Å².